The Kier molecular flexibility index (Phi) is 5.16. The summed E-state index contributed by atoms with van der Waals surface area (Å²) in [5, 5.41) is 12.1. The lowest BCUT2D eigenvalue weighted by molar-refractivity contribution is 0.0944. The average molecular weight is 375 g/mol. The number of nitrogens with zero attached hydrogens (tertiary/aromatic N) is 2. The zero-order valence-electron chi connectivity index (χ0n) is 13.3. The fourth-order valence-electron chi connectivity index (χ4n) is 2.20. The second kappa shape index (κ2) is 7.50. The van der Waals surface area contributed by atoms with Crippen molar-refractivity contribution in [3.8, 4) is 0 Å². The van der Waals surface area contributed by atoms with Gasteiger partial charge in [0.05, 0.1) is 4.88 Å². The van der Waals surface area contributed by atoms with Crippen molar-refractivity contribution < 1.29 is 9.59 Å². The van der Waals surface area contributed by atoms with E-state index in [-0.39, 0.29) is 17.5 Å². The summed E-state index contributed by atoms with van der Waals surface area (Å²) in [6.45, 7) is 0.340. The number of nitrogens with one attached hydrogen (secondary N) is 2. The van der Waals surface area contributed by atoms with E-state index in [1.54, 1.807) is 37.4 Å². The van der Waals surface area contributed by atoms with Crippen LogP contribution in [0.4, 0.5) is 5.82 Å². The zero-order chi connectivity index (χ0) is 17.8. The van der Waals surface area contributed by atoms with Crippen LogP contribution in [0.15, 0.2) is 47.8 Å². The van der Waals surface area contributed by atoms with Crippen molar-refractivity contribution in [3.05, 3.63) is 69.0 Å². The Labute approximate surface area is 153 Å². The highest BCUT2D eigenvalue weighted by molar-refractivity contribution is 7.12. The highest BCUT2D eigenvalue weighted by Crippen LogP contribution is 2.15. The van der Waals surface area contributed by atoms with Crippen molar-refractivity contribution in [3.63, 3.8) is 0 Å². The van der Waals surface area contributed by atoms with Crippen LogP contribution in [0.5, 0.6) is 0 Å². The van der Waals surface area contributed by atoms with Gasteiger partial charge < -0.3 is 10.6 Å². The third kappa shape index (κ3) is 4.26. The van der Waals surface area contributed by atoms with E-state index < -0.39 is 0 Å². The van der Waals surface area contributed by atoms with Crippen LogP contribution >= 0.6 is 22.9 Å². The molecule has 25 heavy (non-hydrogen) atoms. The lowest BCUT2D eigenvalue weighted by Crippen LogP contribution is -2.23. The molecule has 0 saturated carbocycles. The van der Waals surface area contributed by atoms with Crippen LogP contribution in [0.25, 0.3) is 0 Å². The van der Waals surface area contributed by atoms with Crippen LogP contribution in [0.1, 0.15) is 25.7 Å². The molecular formula is C17H15ClN4O2S. The first-order valence-electron chi connectivity index (χ1n) is 7.44. The molecule has 0 atom stereocenters. The maximum Gasteiger partial charge on any atom is 0.272 e. The largest absolute Gasteiger partial charge is 0.347 e. The van der Waals surface area contributed by atoms with Gasteiger partial charge >= 0.3 is 0 Å². The molecule has 0 saturated heterocycles. The molecule has 0 aliphatic heterocycles. The van der Waals surface area contributed by atoms with Crippen molar-refractivity contribution in [1.29, 1.82) is 0 Å². The van der Waals surface area contributed by atoms with Crippen LogP contribution < -0.4 is 10.6 Å². The number of aromatic nitrogens is 2. The summed E-state index contributed by atoms with van der Waals surface area (Å²) in [4.78, 5) is 24.9. The summed E-state index contributed by atoms with van der Waals surface area (Å²) in [6, 6.07) is 12.3. The number of carbonyl (C=O) groups is 2. The van der Waals surface area contributed by atoms with Crippen LogP contribution in [-0.4, -0.2) is 21.6 Å². The second-order valence-corrected chi connectivity index (χ2v) is 6.67. The smallest absolute Gasteiger partial charge is 0.272 e. The molecule has 0 radical (unpaired) electrons. The number of hydrogen-bond donors (Lipinski definition) is 2. The molecule has 2 aromatic heterocycles. The maximum atomic E-state index is 12.3. The van der Waals surface area contributed by atoms with Crippen molar-refractivity contribution in [2.75, 3.05) is 5.32 Å². The first-order chi connectivity index (χ1) is 12.0. The van der Waals surface area contributed by atoms with E-state index in [0.29, 0.717) is 22.3 Å². The van der Waals surface area contributed by atoms with Crippen LogP contribution in [0.2, 0.25) is 5.02 Å². The number of thiophene rings is 1. The van der Waals surface area contributed by atoms with Gasteiger partial charge in [0, 0.05) is 24.7 Å². The summed E-state index contributed by atoms with van der Waals surface area (Å²) in [7, 11) is 1.66. The minimum Gasteiger partial charge on any atom is -0.347 e. The Morgan fingerprint density at radius 1 is 1.20 bits per heavy atom. The molecule has 2 amide bonds. The van der Waals surface area contributed by atoms with Crippen LogP contribution in [-0.2, 0) is 13.6 Å². The van der Waals surface area contributed by atoms with Crippen molar-refractivity contribution in [2.45, 2.75) is 6.54 Å². The van der Waals surface area contributed by atoms with Gasteiger partial charge in [-0.05, 0) is 29.1 Å². The molecule has 1 aromatic carbocycles. The number of amides is 2. The zero-order valence-corrected chi connectivity index (χ0v) is 14.9. The highest BCUT2D eigenvalue weighted by atomic mass is 35.5. The summed E-state index contributed by atoms with van der Waals surface area (Å²) in [6.07, 6.45) is 0. The second-order valence-electron chi connectivity index (χ2n) is 5.28. The topological polar surface area (TPSA) is 76.0 Å². The molecule has 3 aromatic rings. The molecule has 2 N–H and O–H groups in total. The van der Waals surface area contributed by atoms with Crippen LogP contribution in [0, 0.1) is 0 Å². The van der Waals surface area contributed by atoms with Gasteiger partial charge in [0.1, 0.15) is 5.82 Å². The third-order valence-corrected chi connectivity index (χ3v) is 4.54. The molecule has 6 nitrogen and oxygen atoms in total. The molecule has 8 heteroatoms. The SMILES string of the molecule is Cn1nc(C(=O)NCc2cccc(Cl)c2)cc1NC(=O)c1cccs1. The standard InChI is InChI=1S/C17H15ClN4O2S/c1-22-15(20-17(24)14-6-3-7-25-14)9-13(21-22)16(23)19-10-11-4-2-5-12(18)8-11/h2-9H,10H2,1H3,(H,19,23)(H,20,24). The maximum absolute atomic E-state index is 12.3. The van der Waals surface area contributed by atoms with Gasteiger partial charge in [-0.3, -0.25) is 14.3 Å². The predicted molar refractivity (Wildman–Crippen MR) is 98.1 cm³/mol. The van der Waals surface area contributed by atoms with Gasteiger partial charge in [0.2, 0.25) is 0 Å². The van der Waals surface area contributed by atoms with Crippen molar-refractivity contribution in [2.24, 2.45) is 7.05 Å². The highest BCUT2D eigenvalue weighted by Gasteiger charge is 2.15. The Morgan fingerprint density at radius 3 is 2.76 bits per heavy atom. The van der Waals surface area contributed by atoms with Crippen molar-refractivity contribution in [1.82, 2.24) is 15.1 Å². The Morgan fingerprint density at radius 2 is 2.04 bits per heavy atom. The van der Waals surface area contributed by atoms with Crippen molar-refractivity contribution >= 4 is 40.6 Å². The quantitative estimate of drug-likeness (QED) is 0.719. The van der Waals surface area contributed by atoms with E-state index in [2.05, 4.69) is 15.7 Å². The van der Waals surface area contributed by atoms with E-state index >= 15 is 0 Å². The van der Waals surface area contributed by atoms with Gasteiger partial charge in [-0.1, -0.05) is 29.8 Å². The van der Waals surface area contributed by atoms with E-state index in [0.717, 1.165) is 5.56 Å². The molecule has 0 aliphatic carbocycles. The lowest BCUT2D eigenvalue weighted by Gasteiger charge is -2.03. The molecule has 0 unspecified atom stereocenters. The monoisotopic (exact) mass is 374 g/mol. The molecule has 0 fully saturated rings. The predicted octanol–water partition coefficient (Wildman–Crippen LogP) is 3.32. The minimum atomic E-state index is -0.327. The van der Waals surface area contributed by atoms with E-state index in [1.807, 2.05) is 17.5 Å². The van der Waals surface area contributed by atoms with E-state index in [4.69, 9.17) is 11.6 Å². The molecule has 2 heterocycles. The molecule has 3 rings (SSSR count). The normalized spacial score (nSPS) is 10.5. The number of hydrogen-bond acceptors (Lipinski definition) is 4. The van der Waals surface area contributed by atoms with E-state index in [1.165, 1.54) is 16.0 Å². The number of benzene rings is 1. The van der Waals surface area contributed by atoms with Gasteiger partial charge in [-0.15, -0.1) is 11.3 Å². The lowest BCUT2D eigenvalue weighted by atomic mass is 10.2. The number of rotatable bonds is 5. The number of anilines is 1. The number of halogens is 1. The van der Waals surface area contributed by atoms with Gasteiger partial charge in [0.25, 0.3) is 11.8 Å². The molecule has 128 valence electrons. The van der Waals surface area contributed by atoms with Gasteiger partial charge in [-0.25, -0.2) is 0 Å². The fourth-order valence-corrected chi connectivity index (χ4v) is 3.03. The molecule has 0 aliphatic rings. The first-order valence-corrected chi connectivity index (χ1v) is 8.70. The molecule has 0 bridgehead atoms. The summed E-state index contributed by atoms with van der Waals surface area (Å²) in [5.74, 6) is -0.109. The number of carbonyl (C=O) groups excluding carboxylic acids is 2. The molecular weight excluding hydrogens is 360 g/mol. The first kappa shape index (κ1) is 17.2. The Balaban J connectivity index is 1.65. The summed E-state index contributed by atoms with van der Waals surface area (Å²) in [5.41, 5.74) is 1.12. The summed E-state index contributed by atoms with van der Waals surface area (Å²) >= 11 is 7.27. The Hall–Kier alpha value is -2.64. The number of aryl methyl sites for hydroxylation is 1. The molecule has 0 spiro atoms. The average Bonchev–Trinajstić information content (AvgIpc) is 3.23. The van der Waals surface area contributed by atoms with E-state index in [9.17, 15) is 9.59 Å². The fraction of sp³-hybridized carbons (Fsp3) is 0.118. The Bertz CT molecular complexity index is 905. The van der Waals surface area contributed by atoms with Gasteiger partial charge in [0.15, 0.2) is 5.69 Å². The summed E-state index contributed by atoms with van der Waals surface area (Å²) < 4.78 is 1.46. The minimum absolute atomic E-state index is 0.228. The van der Waals surface area contributed by atoms with Crippen LogP contribution in [0.3, 0.4) is 0 Å². The third-order valence-electron chi connectivity index (χ3n) is 3.44. The van der Waals surface area contributed by atoms with Gasteiger partial charge in [-0.2, -0.15) is 5.10 Å².